The molecule has 88 valence electrons. The van der Waals surface area contributed by atoms with Gasteiger partial charge in [0, 0.05) is 18.6 Å². The highest BCUT2D eigenvalue weighted by atomic mass is 16.9. The Morgan fingerprint density at radius 3 is 1.81 bits per heavy atom. The van der Waals surface area contributed by atoms with Gasteiger partial charge >= 0.3 is 0 Å². The van der Waals surface area contributed by atoms with Gasteiger partial charge in [0.25, 0.3) is 5.69 Å². The van der Waals surface area contributed by atoms with Crippen molar-refractivity contribution in [2.45, 2.75) is 6.42 Å². The summed E-state index contributed by atoms with van der Waals surface area (Å²) in [6.45, 7) is 0.817. The molecule has 0 bridgehead atoms. The second-order valence-corrected chi connectivity index (χ2v) is 2.75. The fourth-order valence-electron chi connectivity index (χ4n) is 0.988. The number of quaternary nitrogens is 1. The van der Waals surface area contributed by atoms with Gasteiger partial charge in [0.05, 0.1) is 16.6 Å². The third-order valence-electron chi connectivity index (χ3n) is 1.61. The summed E-state index contributed by atoms with van der Waals surface area (Å²) in [6.07, 6.45) is 0.873. The first kappa shape index (κ1) is 13.8. The van der Waals surface area contributed by atoms with Crippen molar-refractivity contribution in [1.82, 2.24) is 0 Å². The predicted octanol–water partition coefficient (Wildman–Crippen LogP) is 0.140. The molecule has 0 spiro atoms. The second kappa shape index (κ2) is 7.12. The van der Waals surface area contributed by atoms with Crippen LogP contribution in [0.3, 0.4) is 0 Å². The molecule has 0 fully saturated rings. The Morgan fingerprint density at radius 2 is 1.50 bits per heavy atom. The molecular weight excluding hydrogens is 218 g/mol. The van der Waals surface area contributed by atoms with Crippen LogP contribution in [0.2, 0.25) is 0 Å². The summed E-state index contributed by atoms with van der Waals surface area (Å²) in [6, 6.07) is 6.57. The molecule has 0 aliphatic rings. The van der Waals surface area contributed by atoms with Crippen molar-refractivity contribution in [3.8, 4) is 0 Å². The largest absolute Gasteiger partial charge is 0.357 e. The quantitative estimate of drug-likeness (QED) is 0.580. The van der Waals surface area contributed by atoms with Crippen molar-refractivity contribution in [3.05, 3.63) is 55.3 Å². The highest BCUT2D eigenvalue weighted by Crippen LogP contribution is 2.11. The monoisotopic (exact) mass is 229 g/mol. The zero-order valence-corrected chi connectivity index (χ0v) is 8.37. The number of nitrogens with zero attached hydrogens (tertiary/aromatic N) is 2. The summed E-state index contributed by atoms with van der Waals surface area (Å²) in [4.78, 5) is 18.1. The van der Waals surface area contributed by atoms with E-state index in [9.17, 15) is 10.1 Å². The first-order chi connectivity index (χ1) is 7.47. The second-order valence-electron chi connectivity index (χ2n) is 2.75. The van der Waals surface area contributed by atoms with E-state index in [0.29, 0.717) is 0 Å². The lowest BCUT2D eigenvalue weighted by Crippen LogP contribution is -2.51. The van der Waals surface area contributed by atoms with Gasteiger partial charge < -0.3 is 21.1 Å². The van der Waals surface area contributed by atoms with E-state index in [-0.39, 0.29) is 5.69 Å². The van der Waals surface area contributed by atoms with E-state index in [4.69, 9.17) is 15.3 Å². The molecule has 16 heavy (non-hydrogen) atoms. The molecule has 1 aromatic rings. The van der Waals surface area contributed by atoms with E-state index in [1.807, 2.05) is 0 Å². The Kier molecular flexibility index (Phi) is 6.13. The van der Waals surface area contributed by atoms with Crippen LogP contribution in [0.5, 0.6) is 0 Å². The number of rotatable bonds is 3. The van der Waals surface area contributed by atoms with Gasteiger partial charge in [-0.05, 0) is 5.56 Å². The molecule has 1 rings (SSSR count). The van der Waals surface area contributed by atoms with Gasteiger partial charge in [-0.1, -0.05) is 12.1 Å². The van der Waals surface area contributed by atoms with Crippen molar-refractivity contribution in [1.29, 1.82) is 0 Å². The highest BCUT2D eigenvalue weighted by Gasteiger charge is 2.02. The number of nitro groups is 1. The summed E-state index contributed by atoms with van der Waals surface area (Å²) in [7, 11) is 0. The van der Waals surface area contributed by atoms with E-state index in [2.05, 4.69) is 5.73 Å². The summed E-state index contributed by atoms with van der Waals surface area (Å²) in [5.41, 5.74) is 4.94. The van der Waals surface area contributed by atoms with Crippen molar-refractivity contribution in [2.24, 2.45) is 0 Å². The molecule has 0 aromatic heterocycles. The van der Waals surface area contributed by atoms with Crippen LogP contribution in [0.4, 0.5) is 5.69 Å². The first-order valence-electron chi connectivity index (χ1n) is 4.31. The molecule has 0 aliphatic carbocycles. The molecule has 0 unspecified atom stereocenters. The minimum Gasteiger partial charge on any atom is -0.357 e. The van der Waals surface area contributed by atoms with Crippen LogP contribution in [0, 0.1) is 25.4 Å². The van der Waals surface area contributed by atoms with E-state index < -0.39 is 10.0 Å². The predicted molar refractivity (Wildman–Crippen MR) is 54.9 cm³/mol. The third kappa shape index (κ3) is 6.27. The highest BCUT2D eigenvalue weighted by molar-refractivity contribution is 5.32. The van der Waals surface area contributed by atoms with Gasteiger partial charge in [0.2, 0.25) is 0 Å². The van der Waals surface area contributed by atoms with Crippen LogP contribution in [0.25, 0.3) is 0 Å². The van der Waals surface area contributed by atoms with Gasteiger partial charge in [-0.3, -0.25) is 10.1 Å². The SMILES string of the molecule is O=[N+]([O-])[O-].[NH3+]CCc1ccc([N+](=O)[O-])cc1. The van der Waals surface area contributed by atoms with Crippen LogP contribution in [0.1, 0.15) is 5.56 Å². The molecule has 8 heteroatoms. The molecule has 0 saturated heterocycles. The first-order valence-corrected chi connectivity index (χ1v) is 4.31. The maximum Gasteiger partial charge on any atom is 0.269 e. The molecule has 3 N–H and O–H groups in total. The van der Waals surface area contributed by atoms with Crippen LogP contribution in [0.15, 0.2) is 24.3 Å². The Bertz CT molecular complexity index is 347. The van der Waals surface area contributed by atoms with Crippen molar-refractivity contribution in [2.75, 3.05) is 6.54 Å². The minimum atomic E-state index is -1.75. The smallest absolute Gasteiger partial charge is 0.269 e. The third-order valence-corrected chi connectivity index (χ3v) is 1.61. The molecule has 0 heterocycles. The molecule has 1 aromatic carbocycles. The lowest BCUT2D eigenvalue weighted by Gasteiger charge is -1.95. The van der Waals surface area contributed by atoms with Crippen LogP contribution in [-0.4, -0.2) is 16.6 Å². The lowest BCUT2D eigenvalue weighted by molar-refractivity contribution is -0.402. The zero-order valence-electron chi connectivity index (χ0n) is 8.37. The topological polar surface area (TPSA) is 137 Å². The minimum absolute atomic E-state index is 0.141. The lowest BCUT2D eigenvalue weighted by atomic mass is 10.1. The number of hydrogen-bond donors (Lipinski definition) is 1. The van der Waals surface area contributed by atoms with Crippen LogP contribution >= 0.6 is 0 Å². The van der Waals surface area contributed by atoms with Gasteiger partial charge in [-0.25, -0.2) is 0 Å². The maximum atomic E-state index is 10.3. The summed E-state index contributed by atoms with van der Waals surface area (Å²) in [5.74, 6) is 0. The van der Waals surface area contributed by atoms with Gasteiger partial charge in [-0.15, -0.1) is 0 Å². The Hall–Kier alpha value is -2.22. The van der Waals surface area contributed by atoms with Gasteiger partial charge in [0.15, 0.2) is 0 Å². The normalized spacial score (nSPS) is 8.81. The molecule has 0 atom stereocenters. The zero-order chi connectivity index (χ0) is 12.6. The number of benzene rings is 1. The van der Waals surface area contributed by atoms with Crippen molar-refractivity contribution < 1.29 is 15.7 Å². The van der Waals surface area contributed by atoms with Gasteiger partial charge in [-0.2, -0.15) is 0 Å². The summed E-state index contributed by atoms with van der Waals surface area (Å²) >= 11 is 0. The number of hydrogen-bond acceptors (Lipinski definition) is 5. The van der Waals surface area contributed by atoms with Gasteiger partial charge in [0.1, 0.15) is 0 Å². The maximum absolute atomic E-state index is 10.3. The summed E-state index contributed by atoms with van der Waals surface area (Å²) in [5, 5.41) is 25.0. The average molecular weight is 229 g/mol. The fraction of sp³-hybridized carbons (Fsp3) is 0.250. The Morgan fingerprint density at radius 1 is 1.06 bits per heavy atom. The average Bonchev–Trinajstić information content (AvgIpc) is 2.18. The van der Waals surface area contributed by atoms with E-state index in [0.717, 1.165) is 18.5 Å². The summed E-state index contributed by atoms with van der Waals surface area (Å²) < 4.78 is 0. The Balaban J connectivity index is 0.000000487. The molecule has 0 aliphatic heterocycles. The number of non-ortho nitro benzene ring substituents is 1. The standard InChI is InChI=1S/C8H10N2O2.NO3/c9-6-5-7-1-3-8(4-2-7)10(11)12;2-1(3)4/h1-4H,5-6,9H2;/q;-1/p+1. The van der Waals surface area contributed by atoms with Crippen molar-refractivity contribution >= 4 is 5.69 Å². The molecule has 0 amide bonds. The van der Waals surface area contributed by atoms with E-state index >= 15 is 0 Å². The van der Waals surface area contributed by atoms with Crippen LogP contribution in [-0.2, 0) is 6.42 Å². The Labute approximate surface area is 90.6 Å². The van der Waals surface area contributed by atoms with E-state index in [1.165, 1.54) is 12.1 Å². The molecule has 0 saturated carbocycles. The molecule has 8 nitrogen and oxygen atoms in total. The van der Waals surface area contributed by atoms with Crippen LogP contribution < -0.4 is 5.73 Å². The number of nitro benzene ring substituents is 1. The molecule has 0 radical (unpaired) electrons. The van der Waals surface area contributed by atoms with Crippen molar-refractivity contribution in [3.63, 3.8) is 0 Å². The van der Waals surface area contributed by atoms with E-state index in [1.54, 1.807) is 12.1 Å². The fourth-order valence-corrected chi connectivity index (χ4v) is 0.988. The molecular formula is C8H11N3O5.